The van der Waals surface area contributed by atoms with Crippen LogP contribution < -0.4 is 103 Å². The van der Waals surface area contributed by atoms with E-state index in [2.05, 4.69) is 0 Å². The molecule has 0 bridgehead atoms. The van der Waals surface area contributed by atoms with E-state index in [1.807, 2.05) is 0 Å². The minimum atomic E-state index is -5.06. The van der Waals surface area contributed by atoms with E-state index in [9.17, 15) is 30.7 Å². The van der Waals surface area contributed by atoms with Gasteiger partial charge < -0.3 is 14.2 Å². The molecule has 0 aliphatic rings. The van der Waals surface area contributed by atoms with Crippen LogP contribution in [0.3, 0.4) is 0 Å². The predicted molar refractivity (Wildman–Crippen MR) is 49.3 cm³/mol. The Kier molecular flexibility index (Phi) is 10.2. The Balaban J connectivity index is 0. The zero-order chi connectivity index (χ0) is 13.4. The summed E-state index contributed by atoms with van der Waals surface area (Å²) in [6.07, 6.45) is 0. The molecule has 94 valence electrons. The number of carbonyl (C=O) groups is 1. The fourth-order valence-corrected chi connectivity index (χ4v) is 2.14. The van der Waals surface area contributed by atoms with Crippen LogP contribution in [0.4, 0.5) is 0 Å². The Hall–Kier alpha value is 1.78. The van der Waals surface area contributed by atoms with Gasteiger partial charge in [0.2, 0.25) is 0 Å². The number of benzene rings is 1. The van der Waals surface area contributed by atoms with E-state index in [-0.39, 0.29) is 103 Å². The van der Waals surface area contributed by atoms with Crippen molar-refractivity contribution in [2.24, 2.45) is 0 Å². The summed E-state index contributed by atoms with van der Waals surface area (Å²) >= 11 is 0. The van der Waals surface area contributed by atoms with E-state index >= 15 is 0 Å². The standard InChI is InChI=1S/C7H6O8S2.2K/c8-7(9)4-1-5(16(10,11)12)3-6(2-4)17(13,14)15;;/h1-3H,(H,8,9)(H,10,11,12)(H,13,14,15);;/q;2*+1/p-2. The third kappa shape index (κ3) is 7.05. The maximum Gasteiger partial charge on any atom is 1.00 e. The normalized spacial score (nSPS) is 11.1. The van der Waals surface area contributed by atoms with Crippen LogP contribution in [-0.4, -0.2) is 37.0 Å². The van der Waals surface area contributed by atoms with Gasteiger partial charge in [0, 0.05) is 0 Å². The van der Waals surface area contributed by atoms with Crippen molar-refractivity contribution in [2.75, 3.05) is 0 Å². The quantitative estimate of drug-likeness (QED) is 0.413. The van der Waals surface area contributed by atoms with E-state index in [0.29, 0.717) is 18.2 Å². The molecule has 0 amide bonds. The summed E-state index contributed by atoms with van der Waals surface area (Å²) in [5.41, 5.74) is -0.781. The van der Waals surface area contributed by atoms with Gasteiger partial charge in [0.25, 0.3) is 0 Å². The van der Waals surface area contributed by atoms with Gasteiger partial charge in [-0.25, -0.2) is 21.6 Å². The van der Waals surface area contributed by atoms with Crippen LogP contribution in [0, 0.1) is 0 Å². The van der Waals surface area contributed by atoms with Crippen LogP contribution in [0.15, 0.2) is 28.0 Å². The summed E-state index contributed by atoms with van der Waals surface area (Å²) in [5.74, 6) is -1.67. The Morgan fingerprint density at radius 1 is 0.895 bits per heavy atom. The van der Waals surface area contributed by atoms with Crippen LogP contribution >= 0.6 is 0 Å². The number of hydrogen-bond donors (Lipinski definition) is 1. The van der Waals surface area contributed by atoms with Crippen LogP contribution in [0.25, 0.3) is 0 Å². The fraction of sp³-hybridized carbons (Fsp3) is 0. The maximum absolute atomic E-state index is 10.6. The van der Waals surface area contributed by atoms with Crippen LogP contribution in [0.5, 0.6) is 0 Å². The van der Waals surface area contributed by atoms with Crippen LogP contribution in [0.1, 0.15) is 10.4 Å². The summed E-state index contributed by atoms with van der Waals surface area (Å²) in [6, 6.07) is 1.26. The van der Waals surface area contributed by atoms with Gasteiger partial charge in [0.1, 0.15) is 20.2 Å². The molecule has 0 saturated carbocycles. The zero-order valence-corrected chi connectivity index (χ0v) is 17.7. The van der Waals surface area contributed by atoms with E-state index in [1.54, 1.807) is 0 Å². The van der Waals surface area contributed by atoms with Crippen LogP contribution in [0.2, 0.25) is 0 Å². The molecule has 0 atom stereocenters. The first-order valence-electron chi connectivity index (χ1n) is 3.82. The van der Waals surface area contributed by atoms with Crippen molar-refractivity contribution in [1.82, 2.24) is 0 Å². The van der Waals surface area contributed by atoms with Crippen molar-refractivity contribution in [3.8, 4) is 0 Å². The van der Waals surface area contributed by atoms with Crippen molar-refractivity contribution in [1.29, 1.82) is 0 Å². The first-order chi connectivity index (χ1) is 7.51. The van der Waals surface area contributed by atoms with Gasteiger partial charge >= 0.3 is 109 Å². The topological polar surface area (TPSA) is 152 Å². The SMILES string of the molecule is O=C(O)c1cc(S(=O)(=O)[O-])cc(S(=O)(=O)[O-])c1.[K+].[K+]. The molecule has 1 rings (SSSR count). The molecule has 0 heterocycles. The summed E-state index contributed by atoms with van der Waals surface area (Å²) in [5, 5.41) is 8.57. The number of aromatic carboxylic acids is 1. The number of carboxylic acid groups (broad SMARTS) is 1. The van der Waals surface area contributed by atoms with E-state index < -0.39 is 41.6 Å². The molecule has 12 heteroatoms. The number of hydrogen-bond acceptors (Lipinski definition) is 7. The largest absolute Gasteiger partial charge is 1.00 e. The Labute approximate surface area is 194 Å². The van der Waals surface area contributed by atoms with Crippen molar-refractivity contribution in [2.45, 2.75) is 9.79 Å². The first kappa shape index (κ1) is 23.1. The minimum absolute atomic E-state index is 0. The smallest absolute Gasteiger partial charge is 0.744 e. The Morgan fingerprint density at radius 2 is 1.21 bits per heavy atom. The van der Waals surface area contributed by atoms with Crippen LogP contribution in [-0.2, 0) is 20.2 Å². The molecule has 0 saturated heterocycles. The molecule has 0 aliphatic heterocycles. The van der Waals surface area contributed by atoms with Gasteiger partial charge in [-0.1, -0.05) is 0 Å². The third-order valence-electron chi connectivity index (χ3n) is 1.70. The van der Waals surface area contributed by atoms with Crippen molar-refractivity contribution in [3.05, 3.63) is 23.8 Å². The molecule has 0 aromatic heterocycles. The van der Waals surface area contributed by atoms with Gasteiger partial charge in [-0.2, -0.15) is 0 Å². The average Bonchev–Trinajstić information content (AvgIpc) is 2.14. The molecule has 1 aromatic rings. The Bertz CT molecular complexity index is 629. The molecular formula is C7H4K2O8S2. The van der Waals surface area contributed by atoms with Gasteiger partial charge in [-0.3, -0.25) is 0 Å². The third-order valence-corrected chi connectivity index (χ3v) is 3.33. The maximum atomic E-state index is 10.6. The second-order valence-corrected chi connectivity index (χ2v) is 5.67. The minimum Gasteiger partial charge on any atom is -0.744 e. The summed E-state index contributed by atoms with van der Waals surface area (Å²) < 4.78 is 63.8. The molecule has 19 heavy (non-hydrogen) atoms. The summed E-state index contributed by atoms with van der Waals surface area (Å²) in [7, 11) is -10.1. The van der Waals surface area contributed by atoms with Crippen molar-refractivity contribution >= 4 is 26.2 Å². The molecule has 1 N–H and O–H groups in total. The predicted octanol–water partition coefficient (Wildman–Crippen LogP) is -6.80. The molecular weight excluding hydrogens is 354 g/mol. The first-order valence-corrected chi connectivity index (χ1v) is 6.63. The van der Waals surface area contributed by atoms with Gasteiger partial charge in [-0.15, -0.1) is 0 Å². The molecule has 0 fully saturated rings. The molecule has 8 nitrogen and oxygen atoms in total. The molecule has 0 unspecified atom stereocenters. The second kappa shape index (κ2) is 8.42. The average molecular weight is 358 g/mol. The van der Waals surface area contributed by atoms with Gasteiger partial charge in [0.15, 0.2) is 0 Å². The van der Waals surface area contributed by atoms with Crippen molar-refractivity contribution < 1.29 is 139 Å². The zero-order valence-electron chi connectivity index (χ0n) is 9.85. The molecule has 0 aliphatic carbocycles. The van der Waals surface area contributed by atoms with E-state index in [0.717, 1.165) is 0 Å². The molecule has 0 radical (unpaired) electrons. The fourth-order valence-electron chi connectivity index (χ4n) is 0.984. The van der Waals surface area contributed by atoms with Gasteiger partial charge in [0.05, 0.1) is 15.4 Å². The van der Waals surface area contributed by atoms with Crippen molar-refractivity contribution in [3.63, 3.8) is 0 Å². The number of rotatable bonds is 3. The number of carboxylic acids is 1. The monoisotopic (exact) mass is 358 g/mol. The Morgan fingerprint density at radius 3 is 1.42 bits per heavy atom. The second-order valence-electron chi connectivity index (χ2n) is 2.91. The summed E-state index contributed by atoms with van der Waals surface area (Å²) in [4.78, 5) is 8.38. The molecule has 0 spiro atoms. The van der Waals surface area contributed by atoms with E-state index in [4.69, 9.17) is 5.11 Å². The summed E-state index contributed by atoms with van der Waals surface area (Å²) in [6.45, 7) is 0. The molecule has 1 aromatic carbocycles. The van der Waals surface area contributed by atoms with E-state index in [1.165, 1.54) is 0 Å². The van der Waals surface area contributed by atoms with Gasteiger partial charge in [-0.05, 0) is 18.2 Å².